The lowest BCUT2D eigenvalue weighted by Crippen LogP contribution is -2.44. The van der Waals surface area contributed by atoms with Gasteiger partial charge < -0.3 is 4.74 Å². The lowest BCUT2D eigenvalue weighted by atomic mass is 9.75. The Hall–Kier alpha value is -0.610. The van der Waals surface area contributed by atoms with Crippen molar-refractivity contribution >= 4 is 11.6 Å². The van der Waals surface area contributed by atoms with E-state index in [1.165, 1.54) is 6.42 Å². The number of nitrogens with one attached hydrogen (secondary N) is 1. The molecule has 1 saturated carbocycles. The second-order valence-corrected chi connectivity index (χ2v) is 5.09. The number of ether oxygens (including phenoxy) is 1. The van der Waals surface area contributed by atoms with E-state index in [0.29, 0.717) is 0 Å². The van der Waals surface area contributed by atoms with Gasteiger partial charge in [-0.3, -0.25) is 11.3 Å². The summed E-state index contributed by atoms with van der Waals surface area (Å²) >= 11 is 6.19. The van der Waals surface area contributed by atoms with Crippen LogP contribution < -0.4 is 11.3 Å². The number of hydrazine groups is 1. The molecule has 1 aliphatic carbocycles. The van der Waals surface area contributed by atoms with Gasteiger partial charge in [0.25, 0.3) is 0 Å². The Morgan fingerprint density at radius 3 is 2.65 bits per heavy atom. The van der Waals surface area contributed by atoms with Gasteiger partial charge >= 0.3 is 0 Å². The minimum atomic E-state index is -0.0177. The fourth-order valence-corrected chi connectivity index (χ4v) is 2.72. The first-order valence-corrected chi connectivity index (χ1v) is 6.34. The lowest BCUT2D eigenvalue weighted by Gasteiger charge is -2.42. The average Bonchev–Trinajstić information content (AvgIpc) is 2.30. The lowest BCUT2D eigenvalue weighted by molar-refractivity contribution is -0.0838. The number of nitrogens with two attached hydrogens (primary N) is 1. The molecule has 1 fully saturated rings. The molecule has 94 valence electrons. The number of halogens is 1. The van der Waals surface area contributed by atoms with E-state index < -0.39 is 0 Å². The minimum Gasteiger partial charge on any atom is -0.378 e. The first-order valence-electron chi connectivity index (χ1n) is 5.96. The van der Waals surface area contributed by atoms with Crippen LogP contribution in [0.3, 0.4) is 0 Å². The van der Waals surface area contributed by atoms with Gasteiger partial charge in [0.05, 0.1) is 11.6 Å². The Kier molecular flexibility index (Phi) is 4.05. The number of benzene rings is 1. The predicted octanol–water partition coefficient (Wildman–Crippen LogP) is 2.80. The molecule has 17 heavy (non-hydrogen) atoms. The molecule has 3 nitrogen and oxygen atoms in total. The van der Waals surface area contributed by atoms with Crippen molar-refractivity contribution in [2.24, 2.45) is 5.84 Å². The van der Waals surface area contributed by atoms with Crippen LogP contribution >= 0.6 is 11.6 Å². The van der Waals surface area contributed by atoms with Crippen molar-refractivity contribution in [2.75, 3.05) is 7.11 Å². The van der Waals surface area contributed by atoms with Gasteiger partial charge in [0.1, 0.15) is 0 Å². The third-order valence-corrected chi connectivity index (χ3v) is 4.10. The second kappa shape index (κ2) is 5.36. The number of rotatable bonds is 5. The van der Waals surface area contributed by atoms with Gasteiger partial charge in [-0.25, -0.2) is 0 Å². The van der Waals surface area contributed by atoms with Crippen LogP contribution in [0.25, 0.3) is 0 Å². The van der Waals surface area contributed by atoms with Crippen molar-refractivity contribution in [2.45, 2.75) is 37.3 Å². The van der Waals surface area contributed by atoms with Crippen LogP contribution in [0.15, 0.2) is 24.3 Å². The fraction of sp³-hybridized carbons (Fsp3) is 0.538. The van der Waals surface area contributed by atoms with E-state index in [9.17, 15) is 0 Å². The second-order valence-electron chi connectivity index (χ2n) is 4.69. The molecular formula is C13H19ClN2O. The third-order valence-electron chi connectivity index (χ3n) is 3.76. The molecule has 1 aromatic carbocycles. The number of hydrogen-bond donors (Lipinski definition) is 2. The van der Waals surface area contributed by atoms with Gasteiger partial charge in [-0.2, -0.15) is 0 Å². The van der Waals surface area contributed by atoms with E-state index in [1.54, 1.807) is 7.11 Å². The summed E-state index contributed by atoms with van der Waals surface area (Å²) in [6.07, 6.45) is 4.30. The highest BCUT2D eigenvalue weighted by molar-refractivity contribution is 6.31. The van der Waals surface area contributed by atoms with E-state index in [1.807, 2.05) is 24.3 Å². The Labute approximate surface area is 107 Å². The minimum absolute atomic E-state index is 0.0177. The van der Waals surface area contributed by atoms with E-state index in [0.717, 1.165) is 29.8 Å². The Balaban J connectivity index is 2.14. The van der Waals surface area contributed by atoms with Crippen LogP contribution in [0.5, 0.6) is 0 Å². The molecule has 0 heterocycles. The first kappa shape index (κ1) is 12.8. The van der Waals surface area contributed by atoms with E-state index >= 15 is 0 Å². The standard InChI is InChI=1S/C13H19ClN2O/c1-17-13(7-4-8-13)9-12(16-15)10-5-2-3-6-11(10)14/h2-3,5-6,12,16H,4,7-9,15H2,1H3. The van der Waals surface area contributed by atoms with Crippen LogP contribution in [-0.2, 0) is 4.74 Å². The summed E-state index contributed by atoms with van der Waals surface area (Å²) < 4.78 is 5.63. The van der Waals surface area contributed by atoms with Crippen molar-refractivity contribution in [1.29, 1.82) is 0 Å². The molecule has 1 unspecified atom stereocenters. The van der Waals surface area contributed by atoms with Gasteiger partial charge in [-0.15, -0.1) is 0 Å². The molecule has 0 aromatic heterocycles. The zero-order chi connectivity index (χ0) is 12.3. The van der Waals surface area contributed by atoms with Crippen LogP contribution in [-0.4, -0.2) is 12.7 Å². The largest absolute Gasteiger partial charge is 0.378 e. The highest BCUT2D eigenvalue weighted by Gasteiger charge is 2.39. The van der Waals surface area contributed by atoms with E-state index in [2.05, 4.69) is 5.43 Å². The van der Waals surface area contributed by atoms with Crippen LogP contribution in [0, 0.1) is 0 Å². The van der Waals surface area contributed by atoms with Gasteiger partial charge in [0, 0.05) is 12.1 Å². The van der Waals surface area contributed by atoms with Gasteiger partial charge in [-0.1, -0.05) is 29.8 Å². The maximum atomic E-state index is 6.19. The highest BCUT2D eigenvalue weighted by Crippen LogP contribution is 2.42. The van der Waals surface area contributed by atoms with Crippen LogP contribution in [0.2, 0.25) is 5.02 Å². The maximum Gasteiger partial charge on any atom is 0.0697 e. The summed E-state index contributed by atoms with van der Waals surface area (Å²) in [5, 5.41) is 0.751. The Bertz CT molecular complexity index is 374. The molecule has 0 spiro atoms. The van der Waals surface area contributed by atoms with Crippen molar-refractivity contribution in [3.05, 3.63) is 34.9 Å². The van der Waals surface area contributed by atoms with E-state index in [-0.39, 0.29) is 11.6 Å². The molecule has 3 N–H and O–H groups in total. The average molecular weight is 255 g/mol. The molecule has 0 radical (unpaired) electrons. The SMILES string of the molecule is COC1(CC(NN)c2ccccc2Cl)CCC1. The number of methoxy groups -OCH3 is 1. The van der Waals surface area contributed by atoms with Crippen molar-refractivity contribution in [3.63, 3.8) is 0 Å². The molecule has 1 atom stereocenters. The van der Waals surface area contributed by atoms with Gasteiger partial charge in [0.15, 0.2) is 0 Å². The summed E-state index contributed by atoms with van der Waals surface area (Å²) in [5.41, 5.74) is 3.88. The normalized spacial score (nSPS) is 19.7. The summed E-state index contributed by atoms with van der Waals surface area (Å²) in [6, 6.07) is 7.85. The van der Waals surface area contributed by atoms with Crippen LogP contribution in [0.4, 0.5) is 0 Å². The molecule has 0 aliphatic heterocycles. The Morgan fingerprint density at radius 2 is 2.18 bits per heavy atom. The van der Waals surface area contributed by atoms with Crippen molar-refractivity contribution in [1.82, 2.24) is 5.43 Å². The van der Waals surface area contributed by atoms with Crippen LogP contribution in [0.1, 0.15) is 37.3 Å². The smallest absolute Gasteiger partial charge is 0.0697 e. The van der Waals surface area contributed by atoms with Gasteiger partial charge in [-0.05, 0) is 37.3 Å². The first-order chi connectivity index (χ1) is 8.21. The molecule has 4 heteroatoms. The van der Waals surface area contributed by atoms with Crippen molar-refractivity contribution < 1.29 is 4.74 Å². The molecular weight excluding hydrogens is 236 g/mol. The molecule has 2 rings (SSSR count). The zero-order valence-corrected chi connectivity index (χ0v) is 10.8. The summed E-state index contributed by atoms with van der Waals surface area (Å²) in [6.45, 7) is 0. The maximum absolute atomic E-state index is 6.19. The molecule has 1 aromatic rings. The molecule has 0 amide bonds. The monoisotopic (exact) mass is 254 g/mol. The highest BCUT2D eigenvalue weighted by atomic mass is 35.5. The van der Waals surface area contributed by atoms with Crippen molar-refractivity contribution in [3.8, 4) is 0 Å². The fourth-order valence-electron chi connectivity index (χ4n) is 2.45. The summed E-state index contributed by atoms with van der Waals surface area (Å²) in [4.78, 5) is 0. The quantitative estimate of drug-likeness (QED) is 0.628. The predicted molar refractivity (Wildman–Crippen MR) is 69.7 cm³/mol. The topological polar surface area (TPSA) is 47.3 Å². The molecule has 0 bridgehead atoms. The summed E-state index contributed by atoms with van der Waals surface area (Å²) in [7, 11) is 1.78. The number of hydrogen-bond acceptors (Lipinski definition) is 3. The summed E-state index contributed by atoms with van der Waals surface area (Å²) in [5.74, 6) is 5.65. The molecule has 0 saturated heterocycles. The van der Waals surface area contributed by atoms with E-state index in [4.69, 9.17) is 22.2 Å². The third kappa shape index (κ3) is 2.63. The Morgan fingerprint density at radius 1 is 1.47 bits per heavy atom. The molecule has 1 aliphatic rings. The van der Waals surface area contributed by atoms with Gasteiger partial charge in [0.2, 0.25) is 0 Å². The zero-order valence-electron chi connectivity index (χ0n) is 10.1.